The molecule has 5 heteroatoms. The lowest BCUT2D eigenvalue weighted by Crippen LogP contribution is -2.00. The zero-order valence-corrected chi connectivity index (χ0v) is 16.7. The van der Waals surface area contributed by atoms with Gasteiger partial charge in [-0.1, -0.05) is 30.8 Å². The third-order valence-corrected chi connectivity index (χ3v) is 4.76. The van der Waals surface area contributed by atoms with Gasteiger partial charge in [0, 0.05) is 23.7 Å². The van der Waals surface area contributed by atoms with Crippen molar-refractivity contribution in [2.45, 2.75) is 6.42 Å². The van der Waals surface area contributed by atoms with Gasteiger partial charge in [-0.3, -0.25) is 9.78 Å². The summed E-state index contributed by atoms with van der Waals surface area (Å²) in [6, 6.07) is 24.8. The first-order valence-corrected chi connectivity index (χ1v) is 9.73. The second kappa shape index (κ2) is 8.93. The Labute approximate surface area is 180 Å². The summed E-state index contributed by atoms with van der Waals surface area (Å²) in [4.78, 5) is 16.1. The molecule has 3 aromatic carbocycles. The van der Waals surface area contributed by atoms with Crippen molar-refractivity contribution in [1.29, 1.82) is 5.26 Å². The van der Waals surface area contributed by atoms with Crippen LogP contribution in [0.15, 0.2) is 91.6 Å². The van der Waals surface area contributed by atoms with E-state index in [0.717, 1.165) is 27.9 Å². The number of allylic oxidation sites excluding steroid dienone is 1. The largest absolute Gasteiger partial charge is 0.457 e. The molecular weight excluding hydrogens is 386 g/mol. The topological polar surface area (TPSA) is 75.0 Å². The van der Waals surface area contributed by atoms with Gasteiger partial charge in [-0.25, -0.2) is 0 Å². The lowest BCUT2D eigenvalue weighted by Gasteiger charge is -2.13. The standard InChI is InChI=1S/C26H19N3O2/c1-2-21(30)14-18-8-13-25-24(15-18)26(19(16-27)17-28-25)29-20-9-11-23(12-10-20)31-22-6-4-3-5-7-22/h2-13,15,17H,1,14H2,(H,28,29). The molecule has 4 rings (SSSR count). The number of rotatable bonds is 7. The summed E-state index contributed by atoms with van der Waals surface area (Å²) in [6.45, 7) is 3.53. The highest BCUT2D eigenvalue weighted by Crippen LogP contribution is 2.31. The highest BCUT2D eigenvalue weighted by molar-refractivity contribution is 5.97. The van der Waals surface area contributed by atoms with Crippen LogP contribution in [-0.2, 0) is 11.2 Å². The van der Waals surface area contributed by atoms with E-state index in [1.165, 1.54) is 6.08 Å². The van der Waals surface area contributed by atoms with E-state index in [-0.39, 0.29) is 12.2 Å². The number of pyridine rings is 1. The van der Waals surface area contributed by atoms with Crippen molar-refractivity contribution in [2.75, 3.05) is 5.32 Å². The fraction of sp³-hybridized carbons (Fsp3) is 0.0385. The number of ether oxygens (including phenoxy) is 1. The maximum absolute atomic E-state index is 11.8. The quantitative estimate of drug-likeness (QED) is 0.385. The molecule has 5 nitrogen and oxygen atoms in total. The van der Waals surface area contributed by atoms with Crippen molar-refractivity contribution in [3.63, 3.8) is 0 Å². The third kappa shape index (κ3) is 4.60. The van der Waals surface area contributed by atoms with Gasteiger partial charge in [-0.2, -0.15) is 5.26 Å². The number of aromatic nitrogens is 1. The summed E-state index contributed by atoms with van der Waals surface area (Å²) < 4.78 is 5.83. The van der Waals surface area contributed by atoms with Crippen LogP contribution in [0.25, 0.3) is 10.9 Å². The van der Waals surface area contributed by atoms with Crippen LogP contribution in [0.5, 0.6) is 11.5 Å². The van der Waals surface area contributed by atoms with Crippen LogP contribution >= 0.6 is 0 Å². The number of nitriles is 1. The number of nitrogens with zero attached hydrogens (tertiary/aromatic N) is 2. The summed E-state index contributed by atoms with van der Waals surface area (Å²) in [5.74, 6) is 1.41. The summed E-state index contributed by atoms with van der Waals surface area (Å²) in [7, 11) is 0. The van der Waals surface area contributed by atoms with Gasteiger partial charge in [0.1, 0.15) is 17.6 Å². The van der Waals surface area contributed by atoms with E-state index in [4.69, 9.17) is 4.74 Å². The van der Waals surface area contributed by atoms with Crippen molar-refractivity contribution in [1.82, 2.24) is 4.98 Å². The number of hydrogen-bond acceptors (Lipinski definition) is 5. The zero-order valence-electron chi connectivity index (χ0n) is 16.7. The predicted molar refractivity (Wildman–Crippen MR) is 122 cm³/mol. The van der Waals surface area contributed by atoms with E-state index in [1.54, 1.807) is 6.20 Å². The molecule has 0 aliphatic heterocycles. The molecule has 0 aliphatic carbocycles. The molecule has 1 N–H and O–H groups in total. The number of carbonyl (C=O) groups excluding carboxylic acids is 1. The SMILES string of the molecule is C=CC(=O)Cc1ccc2ncc(C#N)c(Nc3ccc(Oc4ccccc4)cc3)c2c1. The minimum Gasteiger partial charge on any atom is -0.457 e. The van der Waals surface area contributed by atoms with Gasteiger partial charge in [-0.15, -0.1) is 0 Å². The fourth-order valence-corrected chi connectivity index (χ4v) is 3.22. The van der Waals surface area contributed by atoms with Gasteiger partial charge in [0.2, 0.25) is 0 Å². The average molecular weight is 405 g/mol. The summed E-state index contributed by atoms with van der Waals surface area (Å²) >= 11 is 0. The fourth-order valence-electron chi connectivity index (χ4n) is 3.22. The maximum Gasteiger partial charge on any atom is 0.159 e. The molecule has 0 saturated carbocycles. The number of hydrogen-bond donors (Lipinski definition) is 1. The molecule has 0 bridgehead atoms. The van der Waals surface area contributed by atoms with Gasteiger partial charge < -0.3 is 10.1 Å². The number of nitrogens with one attached hydrogen (secondary N) is 1. The van der Waals surface area contributed by atoms with Crippen LogP contribution < -0.4 is 10.1 Å². The second-order valence-corrected chi connectivity index (χ2v) is 6.92. The average Bonchev–Trinajstić information content (AvgIpc) is 2.81. The van der Waals surface area contributed by atoms with Gasteiger partial charge in [0.25, 0.3) is 0 Å². The van der Waals surface area contributed by atoms with E-state index >= 15 is 0 Å². The highest BCUT2D eigenvalue weighted by atomic mass is 16.5. The lowest BCUT2D eigenvalue weighted by molar-refractivity contribution is -0.114. The van der Waals surface area contributed by atoms with Crippen molar-refractivity contribution in [3.05, 3.63) is 103 Å². The van der Waals surface area contributed by atoms with Crippen LogP contribution in [-0.4, -0.2) is 10.8 Å². The van der Waals surface area contributed by atoms with Gasteiger partial charge in [-0.05, 0) is 60.2 Å². The van der Waals surface area contributed by atoms with Gasteiger partial charge >= 0.3 is 0 Å². The van der Waals surface area contributed by atoms with Gasteiger partial charge in [0.15, 0.2) is 5.78 Å². The number of anilines is 2. The first-order valence-electron chi connectivity index (χ1n) is 9.73. The Hall–Kier alpha value is -4.43. The Morgan fingerprint density at radius 2 is 1.81 bits per heavy atom. The van der Waals surface area contributed by atoms with Crippen molar-refractivity contribution < 1.29 is 9.53 Å². The summed E-state index contributed by atoms with van der Waals surface area (Å²) in [6.07, 6.45) is 3.11. The third-order valence-electron chi connectivity index (χ3n) is 4.76. The van der Waals surface area contributed by atoms with E-state index in [9.17, 15) is 10.1 Å². The molecule has 0 amide bonds. The summed E-state index contributed by atoms with van der Waals surface area (Å²) in [5.41, 5.74) is 3.45. The van der Waals surface area contributed by atoms with E-state index < -0.39 is 0 Å². The van der Waals surface area contributed by atoms with Crippen molar-refractivity contribution in [2.24, 2.45) is 0 Å². The lowest BCUT2D eigenvalue weighted by atomic mass is 10.0. The van der Waals surface area contributed by atoms with Crippen LogP contribution in [0.4, 0.5) is 11.4 Å². The zero-order chi connectivity index (χ0) is 21.6. The summed E-state index contributed by atoms with van der Waals surface area (Å²) in [5, 5.41) is 13.7. The van der Waals surface area contributed by atoms with Crippen LogP contribution in [0, 0.1) is 11.3 Å². The van der Waals surface area contributed by atoms with Crippen molar-refractivity contribution in [3.8, 4) is 17.6 Å². The Balaban J connectivity index is 1.65. The Morgan fingerprint density at radius 3 is 2.52 bits per heavy atom. The second-order valence-electron chi connectivity index (χ2n) is 6.92. The van der Waals surface area contributed by atoms with Crippen LogP contribution in [0.3, 0.4) is 0 Å². The minimum absolute atomic E-state index is 0.0627. The molecule has 1 aromatic heterocycles. The first-order chi connectivity index (χ1) is 15.2. The number of carbonyl (C=O) groups is 1. The smallest absolute Gasteiger partial charge is 0.159 e. The molecule has 0 aliphatic rings. The molecule has 0 saturated heterocycles. The molecule has 31 heavy (non-hydrogen) atoms. The number of benzene rings is 3. The number of fused-ring (bicyclic) bond motifs is 1. The van der Waals surface area contributed by atoms with E-state index in [1.807, 2.05) is 72.8 Å². The molecule has 0 spiro atoms. The molecule has 0 atom stereocenters. The first kappa shape index (κ1) is 19.9. The number of ketones is 1. The molecule has 0 fully saturated rings. The monoisotopic (exact) mass is 405 g/mol. The molecular formula is C26H19N3O2. The molecule has 1 heterocycles. The normalized spacial score (nSPS) is 10.3. The van der Waals surface area contributed by atoms with Crippen molar-refractivity contribution >= 4 is 28.1 Å². The van der Waals surface area contributed by atoms with Crippen LogP contribution in [0.1, 0.15) is 11.1 Å². The molecule has 4 aromatic rings. The van der Waals surface area contributed by atoms with Crippen LogP contribution in [0.2, 0.25) is 0 Å². The Kier molecular flexibility index (Phi) is 5.72. The Morgan fingerprint density at radius 1 is 1.06 bits per heavy atom. The molecule has 0 radical (unpaired) electrons. The maximum atomic E-state index is 11.8. The number of para-hydroxylation sites is 1. The van der Waals surface area contributed by atoms with Gasteiger partial charge in [0.05, 0.1) is 16.8 Å². The highest BCUT2D eigenvalue weighted by Gasteiger charge is 2.11. The van der Waals surface area contributed by atoms with E-state index in [0.29, 0.717) is 17.0 Å². The Bertz CT molecular complexity index is 1290. The minimum atomic E-state index is -0.0627. The van der Waals surface area contributed by atoms with E-state index in [2.05, 4.69) is 22.9 Å². The molecule has 0 unspecified atom stereocenters. The molecule has 150 valence electrons. The predicted octanol–water partition coefficient (Wildman–Crippen LogP) is 5.94.